The second-order valence-corrected chi connectivity index (χ2v) is 6.05. The predicted octanol–water partition coefficient (Wildman–Crippen LogP) is 1.77. The molecular weight excluding hydrogens is 310 g/mol. The molecule has 1 aliphatic heterocycles. The molecule has 2 N–H and O–H groups in total. The largest absolute Gasteiger partial charge is 0.480 e. The quantitative estimate of drug-likeness (QED) is 0.756. The Hall–Kier alpha value is -1.92. The maximum absolute atomic E-state index is 12.2. The zero-order chi connectivity index (χ0) is 17.4. The van der Waals surface area contributed by atoms with E-state index in [1.165, 1.54) is 0 Å². The first-order chi connectivity index (χ1) is 11.6. The summed E-state index contributed by atoms with van der Waals surface area (Å²) in [6.07, 6.45) is 2.64. The van der Waals surface area contributed by atoms with Crippen LogP contribution in [0.4, 0.5) is 0 Å². The molecule has 1 aromatic rings. The van der Waals surface area contributed by atoms with Crippen LogP contribution in [0, 0.1) is 0 Å². The van der Waals surface area contributed by atoms with Crippen molar-refractivity contribution in [3.63, 3.8) is 0 Å². The first-order valence-electron chi connectivity index (χ1n) is 8.36. The van der Waals surface area contributed by atoms with Crippen LogP contribution in [-0.4, -0.2) is 48.4 Å². The van der Waals surface area contributed by atoms with E-state index in [0.717, 1.165) is 31.4 Å². The number of carbonyl (C=O) groups excluding carboxylic acids is 1. The van der Waals surface area contributed by atoms with Crippen molar-refractivity contribution in [3.05, 3.63) is 35.9 Å². The Morgan fingerprint density at radius 1 is 1.33 bits per heavy atom. The van der Waals surface area contributed by atoms with Crippen LogP contribution in [0.3, 0.4) is 0 Å². The fourth-order valence-electron chi connectivity index (χ4n) is 2.61. The van der Waals surface area contributed by atoms with Crippen LogP contribution in [0.1, 0.15) is 31.7 Å². The van der Waals surface area contributed by atoms with E-state index < -0.39 is 24.0 Å². The summed E-state index contributed by atoms with van der Waals surface area (Å²) < 4.78 is 11.1. The first-order valence-corrected chi connectivity index (χ1v) is 8.36. The molecular formula is C18H25NO5. The van der Waals surface area contributed by atoms with Crippen molar-refractivity contribution in [2.75, 3.05) is 13.2 Å². The molecule has 1 aliphatic rings. The van der Waals surface area contributed by atoms with Crippen LogP contribution in [0.25, 0.3) is 0 Å². The lowest BCUT2D eigenvalue weighted by Gasteiger charge is -2.24. The lowest BCUT2D eigenvalue weighted by Crippen LogP contribution is -2.47. The average molecular weight is 335 g/mol. The Kier molecular flexibility index (Phi) is 7.21. The Morgan fingerprint density at radius 2 is 2.08 bits per heavy atom. The third kappa shape index (κ3) is 5.94. The van der Waals surface area contributed by atoms with Gasteiger partial charge in [0.15, 0.2) is 0 Å². The average Bonchev–Trinajstić information content (AvgIpc) is 2.60. The Morgan fingerprint density at radius 3 is 2.71 bits per heavy atom. The molecule has 1 fully saturated rings. The number of aliphatic carboxylic acids is 1. The summed E-state index contributed by atoms with van der Waals surface area (Å²) in [5.41, 5.74) is 0.856. The number of rotatable bonds is 8. The number of hydrogen-bond acceptors (Lipinski definition) is 4. The van der Waals surface area contributed by atoms with Gasteiger partial charge in [-0.15, -0.1) is 0 Å². The van der Waals surface area contributed by atoms with Gasteiger partial charge >= 0.3 is 5.97 Å². The summed E-state index contributed by atoms with van der Waals surface area (Å²) in [5, 5.41) is 11.9. The fourth-order valence-corrected chi connectivity index (χ4v) is 2.61. The zero-order valence-corrected chi connectivity index (χ0v) is 13.9. The number of amides is 1. The van der Waals surface area contributed by atoms with Gasteiger partial charge in [0.1, 0.15) is 12.1 Å². The monoisotopic (exact) mass is 335 g/mol. The molecule has 6 nitrogen and oxygen atoms in total. The van der Waals surface area contributed by atoms with E-state index in [0.29, 0.717) is 6.61 Å². The molecule has 2 unspecified atom stereocenters. The molecule has 6 heteroatoms. The van der Waals surface area contributed by atoms with Gasteiger partial charge in [0, 0.05) is 13.0 Å². The number of carboxylic acid groups (broad SMARTS) is 1. The lowest BCUT2D eigenvalue weighted by molar-refractivity contribution is -0.145. The highest BCUT2D eigenvalue weighted by molar-refractivity contribution is 5.86. The predicted molar refractivity (Wildman–Crippen MR) is 88.7 cm³/mol. The molecule has 3 atom stereocenters. The molecule has 1 aromatic carbocycles. The van der Waals surface area contributed by atoms with Crippen LogP contribution in [-0.2, 0) is 25.5 Å². The molecule has 1 saturated heterocycles. The van der Waals surface area contributed by atoms with Gasteiger partial charge in [0.05, 0.1) is 12.7 Å². The summed E-state index contributed by atoms with van der Waals surface area (Å²) >= 11 is 0. The molecule has 0 bridgehead atoms. The summed E-state index contributed by atoms with van der Waals surface area (Å²) in [4.78, 5) is 23.6. The highest BCUT2D eigenvalue weighted by Crippen LogP contribution is 2.13. The Labute approximate surface area is 142 Å². The molecule has 2 rings (SSSR count). The second-order valence-electron chi connectivity index (χ2n) is 6.05. The standard InChI is InChI=1S/C18H25NO5/c1-13(24-12-15-9-5-6-10-23-15)17(20)19-16(18(21)22)11-14-7-3-2-4-8-14/h2-4,7-8,13,15-16H,5-6,9-12H2,1H3,(H,19,20)(H,21,22)/t13?,15?,16-/m0/s1. The van der Waals surface area contributed by atoms with Crippen molar-refractivity contribution >= 4 is 11.9 Å². The maximum atomic E-state index is 12.2. The number of hydrogen-bond donors (Lipinski definition) is 2. The summed E-state index contributed by atoms with van der Waals surface area (Å²) in [7, 11) is 0. The third-order valence-electron chi connectivity index (χ3n) is 4.07. The topological polar surface area (TPSA) is 84.9 Å². The zero-order valence-electron chi connectivity index (χ0n) is 13.9. The van der Waals surface area contributed by atoms with Gasteiger partial charge in [-0.1, -0.05) is 30.3 Å². The highest BCUT2D eigenvalue weighted by atomic mass is 16.5. The molecule has 0 radical (unpaired) electrons. The minimum atomic E-state index is -1.06. The molecule has 132 valence electrons. The van der Waals surface area contributed by atoms with Crippen LogP contribution in [0.5, 0.6) is 0 Å². The number of carbonyl (C=O) groups is 2. The number of ether oxygens (including phenoxy) is 2. The van der Waals surface area contributed by atoms with Gasteiger partial charge in [-0.25, -0.2) is 4.79 Å². The van der Waals surface area contributed by atoms with E-state index in [1.54, 1.807) is 6.92 Å². The number of carboxylic acids is 1. The lowest BCUT2D eigenvalue weighted by atomic mass is 10.1. The first kappa shape index (κ1) is 18.4. The Bertz CT molecular complexity index is 527. The minimum Gasteiger partial charge on any atom is -0.480 e. The smallest absolute Gasteiger partial charge is 0.326 e. The third-order valence-corrected chi connectivity index (χ3v) is 4.07. The van der Waals surface area contributed by atoms with Crippen molar-refractivity contribution < 1.29 is 24.2 Å². The van der Waals surface area contributed by atoms with Gasteiger partial charge in [-0.05, 0) is 31.7 Å². The SMILES string of the molecule is CC(OCC1CCCCO1)C(=O)N[C@@H](Cc1ccccc1)C(=O)O. The Balaban J connectivity index is 1.81. The van der Waals surface area contributed by atoms with E-state index in [-0.39, 0.29) is 12.5 Å². The summed E-state index contributed by atoms with van der Waals surface area (Å²) in [6.45, 7) is 2.71. The molecule has 0 aromatic heterocycles. The van der Waals surface area contributed by atoms with Crippen LogP contribution >= 0.6 is 0 Å². The molecule has 1 heterocycles. The van der Waals surface area contributed by atoms with Gasteiger partial charge in [0.25, 0.3) is 0 Å². The summed E-state index contributed by atoms with van der Waals surface area (Å²) in [5.74, 6) is -1.48. The molecule has 1 amide bonds. The minimum absolute atomic E-state index is 0.0218. The molecule has 0 aliphatic carbocycles. The van der Waals surface area contributed by atoms with E-state index in [1.807, 2.05) is 30.3 Å². The maximum Gasteiger partial charge on any atom is 0.326 e. The van der Waals surface area contributed by atoms with Gasteiger partial charge in [0.2, 0.25) is 5.91 Å². The van der Waals surface area contributed by atoms with Crippen molar-refractivity contribution in [1.82, 2.24) is 5.32 Å². The molecule has 0 saturated carbocycles. The molecule has 24 heavy (non-hydrogen) atoms. The van der Waals surface area contributed by atoms with E-state index in [4.69, 9.17) is 9.47 Å². The second kappa shape index (κ2) is 9.39. The number of nitrogens with one attached hydrogen (secondary N) is 1. The molecule has 0 spiro atoms. The van der Waals surface area contributed by atoms with E-state index in [9.17, 15) is 14.7 Å². The van der Waals surface area contributed by atoms with Crippen LogP contribution < -0.4 is 5.32 Å². The van der Waals surface area contributed by atoms with Gasteiger partial charge in [-0.3, -0.25) is 4.79 Å². The van der Waals surface area contributed by atoms with Gasteiger partial charge < -0.3 is 19.9 Å². The normalized spacial score (nSPS) is 20.1. The fraction of sp³-hybridized carbons (Fsp3) is 0.556. The van der Waals surface area contributed by atoms with E-state index >= 15 is 0 Å². The van der Waals surface area contributed by atoms with E-state index in [2.05, 4.69) is 5.32 Å². The van der Waals surface area contributed by atoms with Crippen LogP contribution in [0.15, 0.2) is 30.3 Å². The van der Waals surface area contributed by atoms with Crippen molar-refractivity contribution in [1.29, 1.82) is 0 Å². The van der Waals surface area contributed by atoms with Crippen molar-refractivity contribution in [3.8, 4) is 0 Å². The summed E-state index contributed by atoms with van der Waals surface area (Å²) in [6, 6.07) is 8.24. The number of benzene rings is 1. The van der Waals surface area contributed by atoms with Gasteiger partial charge in [-0.2, -0.15) is 0 Å². The highest BCUT2D eigenvalue weighted by Gasteiger charge is 2.24. The van der Waals surface area contributed by atoms with Crippen LogP contribution in [0.2, 0.25) is 0 Å². The van der Waals surface area contributed by atoms with Crippen molar-refractivity contribution in [2.24, 2.45) is 0 Å². The van der Waals surface area contributed by atoms with Crippen molar-refractivity contribution in [2.45, 2.75) is 50.9 Å².